The molecule has 0 bridgehead atoms. The maximum absolute atomic E-state index is 9.28. The first-order chi connectivity index (χ1) is 13.8. The number of nitriles is 1. The highest BCUT2D eigenvalue weighted by atomic mass is 16.5. The van der Waals surface area contributed by atoms with Gasteiger partial charge >= 0.3 is 0 Å². The van der Waals surface area contributed by atoms with Crippen molar-refractivity contribution >= 4 is 22.1 Å². The molecule has 2 aliphatic rings. The monoisotopic (exact) mass is 364 g/mol. The van der Waals surface area contributed by atoms with E-state index in [4.69, 9.17) is 9.47 Å². The Morgan fingerprint density at radius 1 is 1.04 bits per heavy atom. The van der Waals surface area contributed by atoms with Crippen molar-refractivity contribution in [2.24, 2.45) is 0 Å². The Bertz CT molecular complexity index is 1210. The van der Waals surface area contributed by atoms with Crippen LogP contribution in [0.5, 0.6) is 5.75 Å². The Kier molecular flexibility index (Phi) is 3.92. The molecule has 0 radical (unpaired) electrons. The van der Waals surface area contributed by atoms with E-state index in [2.05, 4.69) is 35.3 Å². The molecule has 4 heteroatoms. The first-order valence-corrected chi connectivity index (χ1v) is 9.13. The van der Waals surface area contributed by atoms with E-state index < -0.39 is 0 Å². The molecule has 2 aliphatic heterocycles. The summed E-state index contributed by atoms with van der Waals surface area (Å²) >= 11 is 0. The predicted molar refractivity (Wildman–Crippen MR) is 108 cm³/mol. The summed E-state index contributed by atoms with van der Waals surface area (Å²) in [4.78, 5) is 4.08. The fourth-order valence-corrected chi connectivity index (χ4v) is 3.76. The zero-order chi connectivity index (χ0) is 18.9. The van der Waals surface area contributed by atoms with Gasteiger partial charge in [-0.05, 0) is 35.2 Å². The highest BCUT2D eigenvalue weighted by Gasteiger charge is 2.27. The lowest BCUT2D eigenvalue weighted by atomic mass is 9.91. The van der Waals surface area contributed by atoms with Gasteiger partial charge in [-0.2, -0.15) is 5.26 Å². The summed E-state index contributed by atoms with van der Waals surface area (Å²) in [5, 5.41) is 11.5. The fourth-order valence-electron chi connectivity index (χ4n) is 3.76. The van der Waals surface area contributed by atoms with Crippen LogP contribution in [-0.2, 0) is 4.74 Å². The number of fused-ring (bicyclic) bond motifs is 4. The third kappa shape index (κ3) is 2.65. The van der Waals surface area contributed by atoms with Crippen LogP contribution < -0.4 is 4.74 Å². The van der Waals surface area contributed by atoms with E-state index in [1.54, 1.807) is 12.4 Å². The molecule has 0 amide bonds. The molecule has 0 spiro atoms. The number of hydrogen-bond acceptors (Lipinski definition) is 4. The minimum atomic E-state index is 0.532. The van der Waals surface area contributed by atoms with Crippen LogP contribution in [0.1, 0.15) is 17.5 Å². The van der Waals surface area contributed by atoms with Gasteiger partial charge in [0.25, 0.3) is 0 Å². The normalized spacial score (nSPS) is 17.0. The lowest BCUT2D eigenvalue weighted by Gasteiger charge is -2.22. The number of benzene rings is 2. The number of aromatic nitrogens is 1. The van der Waals surface area contributed by atoms with Crippen molar-refractivity contribution in [3.05, 3.63) is 95.5 Å². The van der Waals surface area contributed by atoms with E-state index in [0.717, 1.165) is 38.8 Å². The van der Waals surface area contributed by atoms with Crippen LogP contribution in [0, 0.1) is 11.3 Å². The highest BCUT2D eigenvalue weighted by molar-refractivity contribution is 5.98. The third-order valence-electron chi connectivity index (χ3n) is 5.05. The van der Waals surface area contributed by atoms with E-state index in [9.17, 15) is 5.26 Å². The maximum atomic E-state index is 9.28. The van der Waals surface area contributed by atoms with Gasteiger partial charge in [-0.3, -0.25) is 4.98 Å². The van der Waals surface area contributed by atoms with Crippen molar-refractivity contribution in [1.82, 2.24) is 4.98 Å². The lowest BCUT2D eigenvalue weighted by Crippen LogP contribution is -2.06. The Morgan fingerprint density at radius 2 is 1.89 bits per heavy atom. The number of allylic oxidation sites excluding steroid dienone is 4. The summed E-state index contributed by atoms with van der Waals surface area (Å²) < 4.78 is 12.3. The summed E-state index contributed by atoms with van der Waals surface area (Å²) in [6.45, 7) is 0.532. The van der Waals surface area contributed by atoms with Crippen LogP contribution in [0.4, 0.5) is 0 Å². The fraction of sp³-hybridized carbons (Fsp3) is 0.0833. The number of hydrogen-bond donors (Lipinski definition) is 0. The number of pyridine rings is 1. The van der Waals surface area contributed by atoms with Gasteiger partial charge in [-0.15, -0.1) is 0 Å². The molecule has 4 nitrogen and oxygen atoms in total. The minimum absolute atomic E-state index is 0.532. The molecule has 3 aromatic rings. The Labute approximate surface area is 162 Å². The van der Waals surface area contributed by atoms with Crippen molar-refractivity contribution < 1.29 is 9.47 Å². The van der Waals surface area contributed by atoms with Crippen molar-refractivity contribution in [1.29, 1.82) is 5.26 Å². The molecule has 0 N–H and O–H groups in total. The summed E-state index contributed by atoms with van der Waals surface area (Å²) in [7, 11) is 0. The molecule has 2 aromatic carbocycles. The average molecular weight is 364 g/mol. The molecule has 0 unspecified atom stereocenters. The van der Waals surface area contributed by atoms with Crippen LogP contribution in [0.3, 0.4) is 0 Å². The summed E-state index contributed by atoms with van der Waals surface area (Å²) in [5.41, 5.74) is 3.97. The van der Waals surface area contributed by atoms with Gasteiger partial charge < -0.3 is 9.47 Å². The third-order valence-corrected chi connectivity index (χ3v) is 5.05. The van der Waals surface area contributed by atoms with Gasteiger partial charge in [0.2, 0.25) is 0 Å². The summed E-state index contributed by atoms with van der Waals surface area (Å²) in [6.07, 6.45) is 7.65. The maximum Gasteiger partial charge on any atom is 0.141 e. The molecule has 1 aromatic heterocycles. The first kappa shape index (κ1) is 16.3. The number of ether oxygens (including phenoxy) is 2. The van der Waals surface area contributed by atoms with Crippen LogP contribution >= 0.6 is 0 Å². The molecule has 0 saturated heterocycles. The molecule has 0 saturated carbocycles. The van der Waals surface area contributed by atoms with Crippen molar-refractivity contribution in [3.8, 4) is 11.8 Å². The van der Waals surface area contributed by atoms with Gasteiger partial charge in [0.05, 0.1) is 18.8 Å². The van der Waals surface area contributed by atoms with E-state index in [-0.39, 0.29) is 0 Å². The zero-order valence-electron chi connectivity index (χ0n) is 15.1. The lowest BCUT2D eigenvalue weighted by molar-refractivity contribution is 0.320. The predicted octanol–water partition coefficient (Wildman–Crippen LogP) is 5.25. The second kappa shape index (κ2) is 6.71. The van der Waals surface area contributed by atoms with Crippen molar-refractivity contribution in [2.75, 3.05) is 6.61 Å². The van der Waals surface area contributed by atoms with Crippen LogP contribution in [-0.4, -0.2) is 11.6 Å². The van der Waals surface area contributed by atoms with Crippen LogP contribution in [0.25, 0.3) is 22.1 Å². The molecule has 3 heterocycles. The molecule has 134 valence electrons. The average Bonchev–Trinajstić information content (AvgIpc) is 2.94. The smallest absolute Gasteiger partial charge is 0.141 e. The van der Waals surface area contributed by atoms with E-state index >= 15 is 0 Å². The SMILES string of the molecule is N#C/C=C1\OC(c2ccncc2)=CC2=C1CCOc1c2ccc2ccccc12. The molecular formula is C24H16N2O2. The Morgan fingerprint density at radius 3 is 2.75 bits per heavy atom. The Hall–Kier alpha value is -3.84. The van der Waals surface area contributed by atoms with Gasteiger partial charge in [0, 0.05) is 40.9 Å². The molecule has 0 aliphatic carbocycles. The summed E-state index contributed by atoms with van der Waals surface area (Å²) in [5.74, 6) is 2.16. The molecule has 5 rings (SSSR count). The molecule has 28 heavy (non-hydrogen) atoms. The standard InChI is InChI=1S/C24H16N2O2/c25-11-7-22-19-10-14-27-24-18-4-2-1-3-16(18)5-6-20(24)21(19)15-23(28-22)17-8-12-26-13-9-17/h1-9,12-13,15H,10,14H2/b22-7-. The molecule has 0 fully saturated rings. The van der Waals surface area contributed by atoms with E-state index in [1.165, 1.54) is 6.08 Å². The minimum Gasteiger partial charge on any atom is -0.492 e. The first-order valence-electron chi connectivity index (χ1n) is 9.13. The van der Waals surface area contributed by atoms with E-state index in [1.807, 2.05) is 30.3 Å². The van der Waals surface area contributed by atoms with E-state index in [0.29, 0.717) is 24.5 Å². The molecular weight excluding hydrogens is 348 g/mol. The van der Waals surface area contributed by atoms with Crippen LogP contribution in [0.15, 0.2) is 84.4 Å². The molecule has 0 atom stereocenters. The quantitative estimate of drug-likeness (QED) is 0.554. The van der Waals surface area contributed by atoms with Crippen molar-refractivity contribution in [3.63, 3.8) is 0 Å². The largest absolute Gasteiger partial charge is 0.492 e. The van der Waals surface area contributed by atoms with Gasteiger partial charge in [-0.25, -0.2) is 0 Å². The Balaban J connectivity index is 1.78. The highest BCUT2D eigenvalue weighted by Crippen LogP contribution is 2.44. The zero-order valence-corrected chi connectivity index (χ0v) is 15.1. The second-order valence-electron chi connectivity index (χ2n) is 6.64. The number of nitrogens with zero attached hydrogens (tertiary/aromatic N) is 2. The second-order valence-corrected chi connectivity index (χ2v) is 6.64. The van der Waals surface area contributed by atoms with Crippen molar-refractivity contribution in [2.45, 2.75) is 6.42 Å². The van der Waals surface area contributed by atoms with Gasteiger partial charge in [0.1, 0.15) is 17.3 Å². The van der Waals surface area contributed by atoms with Crippen LogP contribution in [0.2, 0.25) is 0 Å². The van der Waals surface area contributed by atoms with Gasteiger partial charge in [-0.1, -0.05) is 30.3 Å². The topological polar surface area (TPSA) is 55.1 Å². The van der Waals surface area contributed by atoms with Gasteiger partial charge in [0.15, 0.2) is 0 Å². The summed E-state index contributed by atoms with van der Waals surface area (Å²) in [6, 6.07) is 18.3. The number of rotatable bonds is 1.